The second-order valence-electron chi connectivity index (χ2n) is 4.74. The maximum atomic E-state index is 12.5. The minimum absolute atomic E-state index is 0.104. The van der Waals surface area contributed by atoms with Crippen LogP contribution in [0, 0.1) is 0 Å². The van der Waals surface area contributed by atoms with Crippen LogP contribution in [0.3, 0.4) is 0 Å². The standard InChI is InChI=1S/C12H15ClN2O4S/c1-12(11(14)16)8-15(6-7-19-12)20(17,18)10-4-2-9(13)3-5-10/h2-5H,6-8H2,1H3,(H2,14,16). The van der Waals surface area contributed by atoms with E-state index in [1.165, 1.54) is 35.5 Å². The van der Waals surface area contributed by atoms with Gasteiger partial charge in [0.25, 0.3) is 5.91 Å². The largest absolute Gasteiger partial charge is 0.367 e. The maximum absolute atomic E-state index is 12.5. The number of hydrogen-bond acceptors (Lipinski definition) is 4. The normalized spacial score (nSPS) is 24.5. The first kappa shape index (κ1) is 15.2. The van der Waals surface area contributed by atoms with Gasteiger partial charge in [0.05, 0.1) is 18.0 Å². The molecule has 0 bridgehead atoms. The Morgan fingerprint density at radius 3 is 2.55 bits per heavy atom. The van der Waals surface area contributed by atoms with Crippen molar-refractivity contribution in [3.05, 3.63) is 29.3 Å². The summed E-state index contributed by atoms with van der Waals surface area (Å²) in [7, 11) is -3.70. The summed E-state index contributed by atoms with van der Waals surface area (Å²) >= 11 is 5.74. The van der Waals surface area contributed by atoms with Crippen molar-refractivity contribution in [1.29, 1.82) is 0 Å². The number of nitrogens with zero attached hydrogens (tertiary/aromatic N) is 1. The molecule has 1 amide bonds. The second kappa shape index (κ2) is 5.33. The Labute approximate surface area is 122 Å². The molecule has 20 heavy (non-hydrogen) atoms. The lowest BCUT2D eigenvalue weighted by Gasteiger charge is -2.37. The Morgan fingerprint density at radius 1 is 1.40 bits per heavy atom. The van der Waals surface area contributed by atoms with Gasteiger partial charge < -0.3 is 10.5 Å². The van der Waals surface area contributed by atoms with Crippen LogP contribution in [0.5, 0.6) is 0 Å². The van der Waals surface area contributed by atoms with Gasteiger partial charge in [-0.15, -0.1) is 0 Å². The van der Waals surface area contributed by atoms with E-state index < -0.39 is 21.5 Å². The number of primary amides is 1. The molecule has 1 saturated heterocycles. The molecule has 0 aromatic heterocycles. The molecule has 1 aromatic rings. The topological polar surface area (TPSA) is 89.7 Å². The Hall–Kier alpha value is -1.15. The molecule has 0 spiro atoms. The average molecular weight is 319 g/mol. The van der Waals surface area contributed by atoms with E-state index in [1.54, 1.807) is 0 Å². The zero-order chi connectivity index (χ0) is 15.0. The number of nitrogens with two attached hydrogens (primary N) is 1. The van der Waals surface area contributed by atoms with Crippen molar-refractivity contribution in [3.8, 4) is 0 Å². The van der Waals surface area contributed by atoms with Crippen LogP contribution in [0.1, 0.15) is 6.92 Å². The van der Waals surface area contributed by atoms with Gasteiger partial charge in [-0.3, -0.25) is 4.79 Å². The van der Waals surface area contributed by atoms with E-state index in [2.05, 4.69) is 0 Å². The summed E-state index contributed by atoms with van der Waals surface area (Å²) in [4.78, 5) is 11.5. The first-order chi connectivity index (χ1) is 9.25. The van der Waals surface area contributed by atoms with Crippen LogP contribution in [-0.4, -0.2) is 43.9 Å². The summed E-state index contributed by atoms with van der Waals surface area (Å²) < 4.78 is 31.5. The molecule has 6 nitrogen and oxygen atoms in total. The highest BCUT2D eigenvalue weighted by Gasteiger charge is 2.41. The van der Waals surface area contributed by atoms with Crippen molar-refractivity contribution >= 4 is 27.5 Å². The summed E-state index contributed by atoms with van der Waals surface area (Å²) in [5.74, 6) is -0.687. The molecule has 1 aliphatic rings. The smallest absolute Gasteiger partial charge is 0.250 e. The van der Waals surface area contributed by atoms with E-state index in [9.17, 15) is 13.2 Å². The summed E-state index contributed by atoms with van der Waals surface area (Å²) in [5.41, 5.74) is 3.95. The van der Waals surface area contributed by atoms with E-state index in [0.29, 0.717) is 5.02 Å². The number of morpholine rings is 1. The van der Waals surface area contributed by atoms with Crippen LogP contribution < -0.4 is 5.73 Å². The number of carbonyl (C=O) groups is 1. The van der Waals surface area contributed by atoms with E-state index in [0.717, 1.165) is 0 Å². The molecule has 0 aliphatic carbocycles. The monoisotopic (exact) mass is 318 g/mol. The lowest BCUT2D eigenvalue weighted by molar-refractivity contribution is -0.148. The predicted molar refractivity (Wildman–Crippen MR) is 73.8 cm³/mol. The number of halogens is 1. The van der Waals surface area contributed by atoms with E-state index in [4.69, 9.17) is 22.1 Å². The van der Waals surface area contributed by atoms with Crippen molar-refractivity contribution in [2.45, 2.75) is 17.4 Å². The summed E-state index contributed by atoms with van der Waals surface area (Å²) in [6.07, 6.45) is 0. The number of ether oxygens (including phenoxy) is 1. The molecule has 0 saturated carbocycles. The van der Waals surface area contributed by atoms with Crippen LogP contribution in [0.2, 0.25) is 5.02 Å². The fourth-order valence-electron chi connectivity index (χ4n) is 1.94. The number of rotatable bonds is 3. The molecular weight excluding hydrogens is 304 g/mol. The number of benzene rings is 1. The fraction of sp³-hybridized carbons (Fsp3) is 0.417. The lowest BCUT2D eigenvalue weighted by Crippen LogP contribution is -2.58. The Morgan fingerprint density at radius 2 is 2.00 bits per heavy atom. The van der Waals surface area contributed by atoms with Crippen LogP contribution in [0.15, 0.2) is 29.2 Å². The fourth-order valence-corrected chi connectivity index (χ4v) is 3.58. The molecule has 1 heterocycles. The van der Waals surface area contributed by atoms with Gasteiger partial charge in [-0.05, 0) is 31.2 Å². The Kier molecular flexibility index (Phi) is 4.06. The van der Waals surface area contributed by atoms with E-state index in [-0.39, 0.29) is 24.6 Å². The first-order valence-corrected chi connectivity index (χ1v) is 7.77. The van der Waals surface area contributed by atoms with Crippen LogP contribution in [0.25, 0.3) is 0 Å². The highest BCUT2D eigenvalue weighted by atomic mass is 35.5. The van der Waals surface area contributed by atoms with E-state index >= 15 is 0 Å². The molecule has 1 unspecified atom stereocenters. The number of carbonyl (C=O) groups excluding carboxylic acids is 1. The molecule has 8 heteroatoms. The van der Waals surface area contributed by atoms with Gasteiger partial charge in [0, 0.05) is 11.6 Å². The third-order valence-electron chi connectivity index (χ3n) is 3.21. The third kappa shape index (κ3) is 2.80. The highest BCUT2D eigenvalue weighted by Crippen LogP contribution is 2.24. The minimum atomic E-state index is -3.70. The quantitative estimate of drug-likeness (QED) is 0.884. The van der Waals surface area contributed by atoms with Gasteiger partial charge in [-0.25, -0.2) is 8.42 Å². The van der Waals surface area contributed by atoms with Gasteiger partial charge in [-0.1, -0.05) is 11.6 Å². The molecule has 110 valence electrons. The predicted octanol–water partition coefficient (Wildman–Crippen LogP) is 0.605. The molecular formula is C12H15ClN2O4S. The zero-order valence-electron chi connectivity index (χ0n) is 10.9. The van der Waals surface area contributed by atoms with Gasteiger partial charge in [0.1, 0.15) is 0 Å². The average Bonchev–Trinajstić information content (AvgIpc) is 2.39. The number of amides is 1. The third-order valence-corrected chi connectivity index (χ3v) is 5.32. The Bertz CT molecular complexity index is 617. The van der Waals surface area contributed by atoms with Gasteiger partial charge in [-0.2, -0.15) is 4.31 Å². The number of hydrogen-bond donors (Lipinski definition) is 1. The van der Waals surface area contributed by atoms with Crippen LogP contribution >= 0.6 is 11.6 Å². The summed E-state index contributed by atoms with van der Waals surface area (Å²) in [6, 6.07) is 5.85. The van der Waals surface area contributed by atoms with Crippen molar-refractivity contribution in [2.75, 3.05) is 19.7 Å². The Balaban J connectivity index is 2.30. The molecule has 1 aliphatic heterocycles. The highest BCUT2D eigenvalue weighted by molar-refractivity contribution is 7.89. The molecule has 1 atom stereocenters. The molecule has 2 N–H and O–H groups in total. The zero-order valence-corrected chi connectivity index (χ0v) is 12.4. The van der Waals surface area contributed by atoms with Gasteiger partial charge >= 0.3 is 0 Å². The van der Waals surface area contributed by atoms with Crippen molar-refractivity contribution in [1.82, 2.24) is 4.31 Å². The van der Waals surface area contributed by atoms with E-state index in [1.807, 2.05) is 0 Å². The van der Waals surface area contributed by atoms with Crippen LogP contribution in [0.4, 0.5) is 0 Å². The van der Waals surface area contributed by atoms with Crippen molar-refractivity contribution < 1.29 is 17.9 Å². The van der Waals surface area contributed by atoms with Crippen LogP contribution in [-0.2, 0) is 19.6 Å². The van der Waals surface area contributed by atoms with Gasteiger partial charge in [0.15, 0.2) is 5.60 Å². The molecule has 2 rings (SSSR count). The molecule has 0 radical (unpaired) electrons. The van der Waals surface area contributed by atoms with Crippen molar-refractivity contribution in [3.63, 3.8) is 0 Å². The molecule has 1 aromatic carbocycles. The number of sulfonamides is 1. The second-order valence-corrected chi connectivity index (χ2v) is 7.11. The summed E-state index contributed by atoms with van der Waals surface area (Å²) in [6.45, 7) is 1.67. The molecule has 1 fully saturated rings. The first-order valence-electron chi connectivity index (χ1n) is 5.95. The SMILES string of the molecule is CC1(C(N)=O)CN(S(=O)(=O)c2ccc(Cl)cc2)CCO1. The lowest BCUT2D eigenvalue weighted by atomic mass is 10.1. The minimum Gasteiger partial charge on any atom is -0.367 e. The summed E-state index contributed by atoms with van der Waals surface area (Å²) in [5, 5.41) is 0.452. The van der Waals surface area contributed by atoms with Gasteiger partial charge in [0.2, 0.25) is 10.0 Å². The maximum Gasteiger partial charge on any atom is 0.250 e. The van der Waals surface area contributed by atoms with Crippen molar-refractivity contribution in [2.24, 2.45) is 5.73 Å².